The predicted octanol–water partition coefficient (Wildman–Crippen LogP) is 2.47. The summed E-state index contributed by atoms with van der Waals surface area (Å²) >= 11 is 0. The van der Waals surface area contributed by atoms with Crippen molar-refractivity contribution in [3.05, 3.63) is 18.6 Å². The molecular formula is C11H17N3. The molecular weight excluding hydrogens is 174 g/mol. The first-order valence-corrected chi connectivity index (χ1v) is 5.23. The highest BCUT2D eigenvalue weighted by Gasteiger charge is 2.33. The Morgan fingerprint density at radius 3 is 2.64 bits per heavy atom. The van der Waals surface area contributed by atoms with E-state index >= 15 is 0 Å². The number of anilines is 1. The zero-order valence-corrected chi connectivity index (χ0v) is 8.83. The molecule has 0 unspecified atom stereocenters. The second-order valence-corrected chi connectivity index (χ2v) is 4.57. The Hall–Kier alpha value is -1.12. The van der Waals surface area contributed by atoms with Crippen LogP contribution in [-0.2, 0) is 0 Å². The van der Waals surface area contributed by atoms with Crippen molar-refractivity contribution in [2.75, 3.05) is 5.32 Å². The third-order valence-electron chi connectivity index (χ3n) is 3.14. The fourth-order valence-electron chi connectivity index (χ4n) is 1.93. The lowest BCUT2D eigenvalue weighted by Gasteiger charge is -2.41. The van der Waals surface area contributed by atoms with Crippen molar-refractivity contribution in [1.82, 2.24) is 9.97 Å². The second-order valence-electron chi connectivity index (χ2n) is 4.57. The summed E-state index contributed by atoms with van der Waals surface area (Å²) < 4.78 is 0. The summed E-state index contributed by atoms with van der Waals surface area (Å²) in [6, 6.07) is 0. The molecule has 1 heterocycles. The first-order chi connectivity index (χ1) is 6.68. The Bertz CT molecular complexity index is 291. The molecule has 76 valence electrons. The number of nitrogens with zero attached hydrogens (tertiary/aromatic N) is 2. The van der Waals surface area contributed by atoms with Crippen molar-refractivity contribution in [3.8, 4) is 0 Å². The third-order valence-corrected chi connectivity index (χ3v) is 3.14. The first-order valence-electron chi connectivity index (χ1n) is 5.23. The van der Waals surface area contributed by atoms with Gasteiger partial charge < -0.3 is 5.32 Å². The Balaban J connectivity index is 2.02. The van der Waals surface area contributed by atoms with E-state index in [1.54, 1.807) is 18.6 Å². The number of hydrogen-bond donors (Lipinski definition) is 1. The summed E-state index contributed by atoms with van der Waals surface area (Å²) in [5.74, 6) is 1.66. The molecule has 0 aliphatic heterocycles. The number of hydrogen-bond acceptors (Lipinski definition) is 3. The molecule has 1 saturated carbocycles. The van der Waals surface area contributed by atoms with Crippen LogP contribution >= 0.6 is 0 Å². The minimum atomic E-state index is 0.147. The van der Waals surface area contributed by atoms with Crippen LogP contribution in [0, 0.1) is 5.92 Å². The van der Waals surface area contributed by atoms with Gasteiger partial charge in [0.1, 0.15) is 5.82 Å². The van der Waals surface area contributed by atoms with Gasteiger partial charge in [-0.25, -0.2) is 4.98 Å². The Morgan fingerprint density at radius 1 is 1.36 bits per heavy atom. The van der Waals surface area contributed by atoms with Crippen molar-refractivity contribution in [2.45, 2.75) is 38.6 Å². The molecule has 0 radical (unpaired) electrons. The Kier molecular flexibility index (Phi) is 2.40. The summed E-state index contributed by atoms with van der Waals surface area (Å²) in [6.45, 7) is 4.48. The zero-order chi connectivity index (χ0) is 10.0. The maximum atomic E-state index is 4.23. The minimum absolute atomic E-state index is 0.147. The van der Waals surface area contributed by atoms with Crippen LogP contribution in [0.1, 0.15) is 33.1 Å². The summed E-state index contributed by atoms with van der Waals surface area (Å²) in [5.41, 5.74) is 0.147. The van der Waals surface area contributed by atoms with Crippen molar-refractivity contribution in [2.24, 2.45) is 5.92 Å². The average molecular weight is 191 g/mol. The SMILES string of the molecule is CC(C)(Nc1cnccn1)C1CCC1. The fraction of sp³-hybridized carbons (Fsp3) is 0.636. The predicted molar refractivity (Wildman–Crippen MR) is 57.1 cm³/mol. The summed E-state index contributed by atoms with van der Waals surface area (Å²) in [6.07, 6.45) is 9.23. The molecule has 2 rings (SSSR count). The van der Waals surface area contributed by atoms with Gasteiger partial charge in [-0.05, 0) is 32.6 Å². The van der Waals surface area contributed by atoms with E-state index in [9.17, 15) is 0 Å². The zero-order valence-electron chi connectivity index (χ0n) is 8.83. The lowest BCUT2D eigenvalue weighted by Crippen LogP contribution is -2.43. The Morgan fingerprint density at radius 2 is 2.14 bits per heavy atom. The Labute approximate surface area is 85.0 Å². The molecule has 14 heavy (non-hydrogen) atoms. The van der Waals surface area contributed by atoms with Crippen LogP contribution in [0.2, 0.25) is 0 Å². The quantitative estimate of drug-likeness (QED) is 0.797. The standard InChI is InChI=1S/C11H17N3/c1-11(2,9-4-3-5-9)14-10-8-12-6-7-13-10/h6-9H,3-5H2,1-2H3,(H,13,14). The number of aromatic nitrogens is 2. The van der Waals surface area contributed by atoms with Crippen molar-refractivity contribution in [3.63, 3.8) is 0 Å². The van der Waals surface area contributed by atoms with Gasteiger partial charge in [0.25, 0.3) is 0 Å². The average Bonchev–Trinajstić information content (AvgIpc) is 2.00. The largest absolute Gasteiger partial charge is 0.364 e. The maximum absolute atomic E-state index is 4.23. The van der Waals surface area contributed by atoms with Crippen LogP contribution in [0.25, 0.3) is 0 Å². The molecule has 1 N–H and O–H groups in total. The molecule has 3 nitrogen and oxygen atoms in total. The van der Waals surface area contributed by atoms with Gasteiger partial charge in [-0.2, -0.15) is 0 Å². The maximum Gasteiger partial charge on any atom is 0.144 e. The second kappa shape index (κ2) is 3.56. The van der Waals surface area contributed by atoms with E-state index in [4.69, 9.17) is 0 Å². The van der Waals surface area contributed by atoms with Crippen LogP contribution < -0.4 is 5.32 Å². The van der Waals surface area contributed by atoms with Gasteiger partial charge in [0, 0.05) is 17.9 Å². The summed E-state index contributed by atoms with van der Waals surface area (Å²) in [4.78, 5) is 8.28. The molecule has 3 heteroatoms. The molecule has 0 aromatic carbocycles. The highest BCUT2D eigenvalue weighted by molar-refractivity contribution is 5.34. The van der Waals surface area contributed by atoms with E-state index in [1.807, 2.05) is 0 Å². The molecule has 1 aliphatic carbocycles. The minimum Gasteiger partial charge on any atom is -0.364 e. The normalized spacial score (nSPS) is 17.6. The molecule has 1 aromatic rings. The highest BCUT2D eigenvalue weighted by Crippen LogP contribution is 2.37. The van der Waals surface area contributed by atoms with E-state index in [0.29, 0.717) is 0 Å². The third kappa shape index (κ3) is 1.86. The highest BCUT2D eigenvalue weighted by atomic mass is 15.1. The van der Waals surface area contributed by atoms with Crippen LogP contribution in [0.15, 0.2) is 18.6 Å². The van der Waals surface area contributed by atoms with Gasteiger partial charge >= 0.3 is 0 Å². The summed E-state index contributed by atoms with van der Waals surface area (Å²) in [5, 5.41) is 3.45. The molecule has 1 aliphatic rings. The van der Waals surface area contributed by atoms with Gasteiger partial charge in [-0.1, -0.05) is 6.42 Å². The van der Waals surface area contributed by atoms with Gasteiger partial charge in [-0.15, -0.1) is 0 Å². The van der Waals surface area contributed by atoms with Crippen LogP contribution in [-0.4, -0.2) is 15.5 Å². The van der Waals surface area contributed by atoms with Crippen molar-refractivity contribution >= 4 is 5.82 Å². The smallest absolute Gasteiger partial charge is 0.144 e. The number of rotatable bonds is 3. The molecule has 0 saturated heterocycles. The summed E-state index contributed by atoms with van der Waals surface area (Å²) in [7, 11) is 0. The van der Waals surface area contributed by atoms with E-state index in [2.05, 4.69) is 29.1 Å². The van der Waals surface area contributed by atoms with Crippen molar-refractivity contribution in [1.29, 1.82) is 0 Å². The molecule has 0 bridgehead atoms. The molecule has 1 aromatic heterocycles. The molecule has 0 amide bonds. The lowest BCUT2D eigenvalue weighted by molar-refractivity contribution is 0.215. The molecule has 1 fully saturated rings. The van der Waals surface area contributed by atoms with Crippen LogP contribution in [0.3, 0.4) is 0 Å². The van der Waals surface area contributed by atoms with E-state index < -0.39 is 0 Å². The van der Waals surface area contributed by atoms with E-state index in [1.165, 1.54) is 19.3 Å². The van der Waals surface area contributed by atoms with Gasteiger partial charge in [0.15, 0.2) is 0 Å². The van der Waals surface area contributed by atoms with Gasteiger partial charge in [0.2, 0.25) is 0 Å². The van der Waals surface area contributed by atoms with Gasteiger partial charge in [-0.3, -0.25) is 4.98 Å². The fourth-order valence-corrected chi connectivity index (χ4v) is 1.93. The van der Waals surface area contributed by atoms with Crippen LogP contribution in [0.5, 0.6) is 0 Å². The van der Waals surface area contributed by atoms with Gasteiger partial charge in [0.05, 0.1) is 6.20 Å². The van der Waals surface area contributed by atoms with E-state index in [-0.39, 0.29) is 5.54 Å². The van der Waals surface area contributed by atoms with Crippen LogP contribution in [0.4, 0.5) is 5.82 Å². The topological polar surface area (TPSA) is 37.8 Å². The molecule has 0 atom stereocenters. The lowest BCUT2D eigenvalue weighted by atomic mass is 9.72. The number of nitrogens with one attached hydrogen (secondary N) is 1. The molecule has 0 spiro atoms. The first kappa shape index (κ1) is 9.44. The monoisotopic (exact) mass is 191 g/mol. The van der Waals surface area contributed by atoms with E-state index in [0.717, 1.165) is 11.7 Å². The van der Waals surface area contributed by atoms with Crippen molar-refractivity contribution < 1.29 is 0 Å².